The average molecular weight is 277 g/mol. The molecule has 2 unspecified atom stereocenters. The van der Waals surface area contributed by atoms with E-state index in [1.54, 1.807) is 0 Å². The summed E-state index contributed by atoms with van der Waals surface area (Å²) < 4.78 is 0. The van der Waals surface area contributed by atoms with Crippen LogP contribution in [0.25, 0.3) is 0 Å². The molecular formula is C9H15N3O7. The van der Waals surface area contributed by atoms with Crippen LogP contribution in [0.5, 0.6) is 0 Å². The van der Waals surface area contributed by atoms with Crippen LogP contribution in [0.4, 0.5) is 0 Å². The van der Waals surface area contributed by atoms with Crippen molar-refractivity contribution in [3.8, 4) is 0 Å². The lowest BCUT2D eigenvalue weighted by atomic mass is 10.2. The minimum Gasteiger partial charge on any atom is -0.481 e. The molecule has 0 aliphatic rings. The zero-order valence-electron chi connectivity index (χ0n) is 9.83. The van der Waals surface area contributed by atoms with E-state index in [0.717, 1.165) is 0 Å². The molecule has 7 N–H and O–H groups in total. The maximum Gasteiger partial charge on any atom is 0.322 e. The quantitative estimate of drug-likeness (QED) is 0.264. The van der Waals surface area contributed by atoms with Crippen LogP contribution in [0.3, 0.4) is 0 Å². The highest BCUT2D eigenvalue weighted by Gasteiger charge is 2.24. The largest absolute Gasteiger partial charge is 0.481 e. The number of amides is 2. The molecule has 0 aromatic heterocycles. The zero-order chi connectivity index (χ0) is 15.0. The Labute approximate surface area is 107 Å². The molecule has 2 atom stereocenters. The Morgan fingerprint density at radius 2 is 1.63 bits per heavy atom. The second-order valence-electron chi connectivity index (χ2n) is 3.56. The van der Waals surface area contributed by atoms with Gasteiger partial charge >= 0.3 is 11.9 Å². The molecule has 0 aromatic rings. The molecule has 0 rings (SSSR count). The van der Waals surface area contributed by atoms with Crippen molar-refractivity contribution in [1.29, 1.82) is 0 Å². The number of carbonyl (C=O) groups excluding carboxylic acids is 2. The second-order valence-corrected chi connectivity index (χ2v) is 3.56. The summed E-state index contributed by atoms with van der Waals surface area (Å²) in [5, 5.41) is 29.6. The summed E-state index contributed by atoms with van der Waals surface area (Å²) in [6.45, 7) is -1.45. The van der Waals surface area contributed by atoms with E-state index in [0.29, 0.717) is 0 Å². The molecule has 10 nitrogen and oxygen atoms in total. The van der Waals surface area contributed by atoms with Crippen LogP contribution < -0.4 is 16.4 Å². The average Bonchev–Trinajstić information content (AvgIpc) is 2.31. The number of nitrogens with two attached hydrogens (primary N) is 1. The number of aliphatic carboxylic acids is 2. The predicted octanol–water partition coefficient (Wildman–Crippen LogP) is -3.53. The summed E-state index contributed by atoms with van der Waals surface area (Å²) in [6.07, 6.45) is -0.638. The number of aliphatic hydroxyl groups excluding tert-OH is 1. The lowest BCUT2D eigenvalue weighted by Crippen LogP contribution is -2.54. The molecule has 19 heavy (non-hydrogen) atoms. The van der Waals surface area contributed by atoms with E-state index in [1.807, 2.05) is 10.6 Å². The SMILES string of the molecule is NC(CC(=O)O)C(=O)NC(CO)C(=O)NCC(=O)O. The second kappa shape index (κ2) is 8.00. The van der Waals surface area contributed by atoms with Crippen molar-refractivity contribution in [2.24, 2.45) is 5.73 Å². The summed E-state index contributed by atoms with van der Waals surface area (Å²) in [4.78, 5) is 43.3. The highest BCUT2D eigenvalue weighted by molar-refractivity contribution is 5.92. The number of rotatable bonds is 8. The molecule has 10 heteroatoms. The van der Waals surface area contributed by atoms with Gasteiger partial charge in [0.1, 0.15) is 12.6 Å². The summed E-state index contributed by atoms with van der Waals surface area (Å²) in [6, 6.07) is -2.77. The van der Waals surface area contributed by atoms with Crippen LogP contribution in [0.15, 0.2) is 0 Å². The first kappa shape index (κ1) is 16.8. The number of hydrogen-bond acceptors (Lipinski definition) is 6. The number of carboxylic acids is 2. The molecule has 0 heterocycles. The van der Waals surface area contributed by atoms with Crippen molar-refractivity contribution in [1.82, 2.24) is 10.6 Å². The van der Waals surface area contributed by atoms with Crippen LogP contribution >= 0.6 is 0 Å². The van der Waals surface area contributed by atoms with Gasteiger partial charge in [-0.05, 0) is 0 Å². The van der Waals surface area contributed by atoms with E-state index in [9.17, 15) is 19.2 Å². The number of carbonyl (C=O) groups is 4. The van der Waals surface area contributed by atoms with E-state index in [4.69, 9.17) is 21.1 Å². The Hall–Kier alpha value is -2.20. The third-order valence-corrected chi connectivity index (χ3v) is 1.96. The molecule has 0 radical (unpaired) electrons. The Morgan fingerprint density at radius 3 is 2.05 bits per heavy atom. The van der Waals surface area contributed by atoms with Gasteiger partial charge in [0.2, 0.25) is 11.8 Å². The fraction of sp³-hybridized carbons (Fsp3) is 0.556. The zero-order valence-corrected chi connectivity index (χ0v) is 9.83. The van der Waals surface area contributed by atoms with E-state index < -0.39 is 55.4 Å². The van der Waals surface area contributed by atoms with Crippen molar-refractivity contribution in [2.75, 3.05) is 13.2 Å². The van der Waals surface area contributed by atoms with Crippen molar-refractivity contribution < 1.29 is 34.5 Å². The lowest BCUT2D eigenvalue weighted by Gasteiger charge is -2.17. The Bertz CT molecular complexity index is 371. The van der Waals surface area contributed by atoms with Gasteiger partial charge in [-0.15, -0.1) is 0 Å². The third kappa shape index (κ3) is 6.95. The molecule has 0 spiro atoms. The number of nitrogens with one attached hydrogen (secondary N) is 2. The maximum atomic E-state index is 11.4. The lowest BCUT2D eigenvalue weighted by molar-refractivity contribution is -0.140. The van der Waals surface area contributed by atoms with Gasteiger partial charge in [0, 0.05) is 0 Å². The first-order valence-corrected chi connectivity index (χ1v) is 5.16. The minimum atomic E-state index is -1.40. The Kier molecular flexibility index (Phi) is 7.07. The molecule has 0 saturated carbocycles. The van der Waals surface area contributed by atoms with Gasteiger partial charge in [-0.2, -0.15) is 0 Å². The Balaban J connectivity index is 4.38. The first-order chi connectivity index (χ1) is 8.77. The van der Waals surface area contributed by atoms with Gasteiger partial charge in [-0.25, -0.2) is 0 Å². The van der Waals surface area contributed by atoms with E-state index >= 15 is 0 Å². The van der Waals surface area contributed by atoms with E-state index in [1.165, 1.54) is 0 Å². The van der Waals surface area contributed by atoms with Gasteiger partial charge in [0.15, 0.2) is 0 Å². The molecule has 0 aromatic carbocycles. The first-order valence-electron chi connectivity index (χ1n) is 5.16. The maximum absolute atomic E-state index is 11.4. The number of hydrogen-bond donors (Lipinski definition) is 6. The molecule has 0 fully saturated rings. The highest BCUT2D eigenvalue weighted by atomic mass is 16.4. The molecule has 0 saturated heterocycles. The van der Waals surface area contributed by atoms with Crippen LogP contribution in [0.1, 0.15) is 6.42 Å². The van der Waals surface area contributed by atoms with Crippen molar-refractivity contribution in [3.05, 3.63) is 0 Å². The van der Waals surface area contributed by atoms with Crippen LogP contribution in [0.2, 0.25) is 0 Å². The van der Waals surface area contributed by atoms with Crippen LogP contribution in [0, 0.1) is 0 Å². The van der Waals surface area contributed by atoms with Gasteiger partial charge in [0.05, 0.1) is 19.1 Å². The normalized spacial score (nSPS) is 13.2. The van der Waals surface area contributed by atoms with Gasteiger partial charge < -0.3 is 31.7 Å². The Morgan fingerprint density at radius 1 is 1.05 bits per heavy atom. The fourth-order valence-electron chi connectivity index (χ4n) is 1.04. The third-order valence-electron chi connectivity index (χ3n) is 1.96. The van der Waals surface area contributed by atoms with E-state index in [2.05, 4.69) is 0 Å². The number of aliphatic hydroxyl groups is 1. The van der Waals surface area contributed by atoms with Gasteiger partial charge in [0.25, 0.3) is 0 Å². The van der Waals surface area contributed by atoms with E-state index in [-0.39, 0.29) is 0 Å². The van der Waals surface area contributed by atoms with Crippen molar-refractivity contribution in [3.63, 3.8) is 0 Å². The van der Waals surface area contributed by atoms with Gasteiger partial charge in [-0.3, -0.25) is 19.2 Å². The highest BCUT2D eigenvalue weighted by Crippen LogP contribution is 1.91. The summed E-state index contributed by atoms with van der Waals surface area (Å²) in [7, 11) is 0. The molecular weight excluding hydrogens is 262 g/mol. The predicted molar refractivity (Wildman–Crippen MR) is 59.9 cm³/mol. The van der Waals surface area contributed by atoms with Crippen LogP contribution in [-0.4, -0.2) is 64.3 Å². The fourth-order valence-corrected chi connectivity index (χ4v) is 1.04. The molecule has 0 aliphatic carbocycles. The minimum absolute atomic E-state index is 0.638. The number of carboxylic acid groups (broad SMARTS) is 2. The molecule has 2 amide bonds. The summed E-state index contributed by atoms with van der Waals surface area (Å²) in [5.41, 5.74) is 5.24. The standard InChI is InChI=1S/C9H15N3O7/c10-4(1-6(14)15)8(18)12-5(3-13)9(19)11-2-7(16)17/h4-5,13H,1-3,10H2,(H,11,19)(H,12,18)(H,14,15)(H,16,17). The molecule has 0 aliphatic heterocycles. The van der Waals surface area contributed by atoms with Crippen LogP contribution in [-0.2, 0) is 19.2 Å². The van der Waals surface area contributed by atoms with Crippen molar-refractivity contribution >= 4 is 23.8 Å². The smallest absolute Gasteiger partial charge is 0.322 e. The van der Waals surface area contributed by atoms with Gasteiger partial charge in [-0.1, -0.05) is 0 Å². The summed E-state index contributed by atoms with van der Waals surface area (Å²) >= 11 is 0. The molecule has 108 valence electrons. The van der Waals surface area contributed by atoms with Crippen molar-refractivity contribution in [2.45, 2.75) is 18.5 Å². The monoisotopic (exact) mass is 277 g/mol. The molecule has 0 bridgehead atoms. The summed E-state index contributed by atoms with van der Waals surface area (Å²) in [5.74, 6) is -4.44. The topological polar surface area (TPSA) is 179 Å².